The maximum atomic E-state index is 12.8. The highest BCUT2D eigenvalue weighted by Crippen LogP contribution is 2.43. The van der Waals surface area contributed by atoms with Gasteiger partial charge in [-0.2, -0.15) is 0 Å². The Morgan fingerprint density at radius 2 is 1.79 bits per heavy atom. The highest BCUT2D eigenvalue weighted by atomic mass is 16.5. The second kappa shape index (κ2) is 6.28. The van der Waals surface area contributed by atoms with Gasteiger partial charge in [0, 0.05) is 23.4 Å². The van der Waals surface area contributed by atoms with Crippen LogP contribution in [0, 0.1) is 0 Å². The van der Waals surface area contributed by atoms with E-state index in [-0.39, 0.29) is 5.91 Å². The minimum Gasteiger partial charge on any atom is -0.497 e. The first kappa shape index (κ1) is 15.9. The van der Waals surface area contributed by atoms with Gasteiger partial charge in [0.25, 0.3) is 5.91 Å². The van der Waals surface area contributed by atoms with Crippen LogP contribution in [0.4, 0.5) is 11.4 Å². The number of methoxy groups -OCH3 is 2. The number of hydrogen-bond donors (Lipinski definition) is 2. The first-order valence-corrected chi connectivity index (χ1v) is 7.66. The number of anilines is 2. The minimum atomic E-state index is -0.916. The van der Waals surface area contributed by atoms with Crippen LogP contribution in [0.1, 0.15) is 12.0 Å². The number of amides is 1. The number of fused-ring (bicyclic) bond motifs is 1. The van der Waals surface area contributed by atoms with Crippen LogP contribution in [0.3, 0.4) is 0 Å². The summed E-state index contributed by atoms with van der Waals surface area (Å²) in [5.41, 5.74) is 1.54. The van der Waals surface area contributed by atoms with Crippen LogP contribution in [0.5, 0.6) is 11.5 Å². The van der Waals surface area contributed by atoms with Gasteiger partial charge in [0.05, 0.1) is 14.2 Å². The molecule has 1 heterocycles. The summed E-state index contributed by atoms with van der Waals surface area (Å²) in [5, 5.41) is 6.31. The van der Waals surface area contributed by atoms with E-state index >= 15 is 0 Å². The van der Waals surface area contributed by atoms with Crippen molar-refractivity contribution in [3.05, 3.63) is 60.7 Å². The number of ether oxygens (including phenoxy) is 2. The smallest absolute Gasteiger partial charge is 0.255 e. The van der Waals surface area contributed by atoms with E-state index in [1.807, 2.05) is 42.5 Å². The van der Waals surface area contributed by atoms with Crippen molar-refractivity contribution >= 4 is 17.3 Å². The van der Waals surface area contributed by atoms with E-state index in [2.05, 4.69) is 17.2 Å². The molecule has 3 rings (SSSR count). The maximum Gasteiger partial charge on any atom is 0.255 e. The van der Waals surface area contributed by atoms with E-state index in [0.29, 0.717) is 12.2 Å². The Morgan fingerprint density at radius 1 is 1.12 bits per heavy atom. The summed E-state index contributed by atoms with van der Waals surface area (Å²) in [6, 6.07) is 13.0. The highest BCUT2D eigenvalue weighted by molar-refractivity contribution is 6.08. The van der Waals surface area contributed by atoms with Gasteiger partial charge in [0.1, 0.15) is 17.0 Å². The molecular weight excluding hydrogens is 304 g/mol. The van der Waals surface area contributed by atoms with Crippen LogP contribution in [-0.4, -0.2) is 20.1 Å². The summed E-state index contributed by atoms with van der Waals surface area (Å²) in [4.78, 5) is 12.8. The topological polar surface area (TPSA) is 59.6 Å². The molecule has 1 atom stereocenters. The number of benzene rings is 2. The van der Waals surface area contributed by atoms with Crippen molar-refractivity contribution in [3.8, 4) is 11.5 Å². The lowest BCUT2D eigenvalue weighted by molar-refractivity contribution is -0.119. The molecule has 0 saturated heterocycles. The molecule has 1 aliphatic rings. The molecule has 0 saturated carbocycles. The number of carbonyl (C=O) groups excluding carboxylic acids is 1. The van der Waals surface area contributed by atoms with Crippen molar-refractivity contribution < 1.29 is 14.3 Å². The molecule has 0 radical (unpaired) electrons. The predicted molar refractivity (Wildman–Crippen MR) is 94.7 cm³/mol. The zero-order chi connectivity index (χ0) is 17.2. The van der Waals surface area contributed by atoms with Crippen molar-refractivity contribution in [2.24, 2.45) is 0 Å². The van der Waals surface area contributed by atoms with Crippen molar-refractivity contribution in [3.63, 3.8) is 0 Å². The molecule has 0 bridgehead atoms. The molecule has 0 fully saturated rings. The molecule has 5 nitrogen and oxygen atoms in total. The molecule has 5 heteroatoms. The zero-order valence-corrected chi connectivity index (χ0v) is 13.8. The Hall–Kier alpha value is -2.95. The largest absolute Gasteiger partial charge is 0.497 e. The fraction of sp³-hybridized carbons (Fsp3) is 0.211. The molecule has 0 spiro atoms. The maximum absolute atomic E-state index is 12.8. The summed E-state index contributed by atoms with van der Waals surface area (Å²) in [6.45, 7) is 3.82. The van der Waals surface area contributed by atoms with Gasteiger partial charge < -0.3 is 20.1 Å². The number of hydrogen-bond acceptors (Lipinski definition) is 4. The monoisotopic (exact) mass is 324 g/mol. The van der Waals surface area contributed by atoms with Gasteiger partial charge in [-0.25, -0.2) is 0 Å². The second-order valence-corrected chi connectivity index (χ2v) is 5.62. The quantitative estimate of drug-likeness (QED) is 0.798. The van der Waals surface area contributed by atoms with Gasteiger partial charge >= 0.3 is 0 Å². The standard InChI is InChI=1S/C19H20N2O3/c1-4-11-19(21-13-5-7-14(23-2)8-6-13)16-12-15(24-3)9-10-17(16)20-18(19)22/h4-10,12,21H,1,11H2,2-3H3,(H,20,22). The number of carbonyl (C=O) groups is 1. The van der Waals surface area contributed by atoms with Crippen molar-refractivity contribution in [1.29, 1.82) is 0 Å². The summed E-state index contributed by atoms with van der Waals surface area (Å²) in [6.07, 6.45) is 2.19. The lowest BCUT2D eigenvalue weighted by Crippen LogP contribution is -2.41. The fourth-order valence-electron chi connectivity index (χ4n) is 2.98. The van der Waals surface area contributed by atoms with Gasteiger partial charge in [-0.1, -0.05) is 6.08 Å². The predicted octanol–water partition coefficient (Wildman–Crippen LogP) is 3.54. The van der Waals surface area contributed by atoms with Crippen molar-refractivity contribution in [2.45, 2.75) is 12.0 Å². The van der Waals surface area contributed by atoms with Gasteiger partial charge in [0.15, 0.2) is 0 Å². The average molecular weight is 324 g/mol. The molecule has 0 aromatic heterocycles. The third-order valence-electron chi connectivity index (χ3n) is 4.22. The zero-order valence-electron chi connectivity index (χ0n) is 13.8. The third-order valence-corrected chi connectivity index (χ3v) is 4.22. The fourth-order valence-corrected chi connectivity index (χ4v) is 2.98. The van der Waals surface area contributed by atoms with Gasteiger partial charge in [-0.05, 0) is 42.5 Å². The molecule has 2 N–H and O–H groups in total. The summed E-state index contributed by atoms with van der Waals surface area (Å²) in [5.74, 6) is 1.35. The van der Waals surface area contributed by atoms with Crippen molar-refractivity contribution in [2.75, 3.05) is 24.9 Å². The SMILES string of the molecule is C=CCC1(Nc2ccc(OC)cc2)C(=O)Nc2ccc(OC)cc21. The summed E-state index contributed by atoms with van der Waals surface area (Å²) >= 11 is 0. The lowest BCUT2D eigenvalue weighted by Gasteiger charge is -2.29. The molecule has 2 aromatic carbocycles. The Bertz CT molecular complexity index is 771. The van der Waals surface area contributed by atoms with Crippen LogP contribution in [0.25, 0.3) is 0 Å². The van der Waals surface area contributed by atoms with Gasteiger partial charge in [0.2, 0.25) is 0 Å². The number of rotatable bonds is 6. The second-order valence-electron chi connectivity index (χ2n) is 5.62. The third kappa shape index (κ3) is 2.58. The lowest BCUT2D eigenvalue weighted by atomic mass is 9.87. The summed E-state index contributed by atoms with van der Waals surface area (Å²) < 4.78 is 10.5. The number of nitrogens with one attached hydrogen (secondary N) is 2. The Balaban J connectivity index is 2.05. The van der Waals surface area contributed by atoms with E-state index in [1.54, 1.807) is 20.3 Å². The van der Waals surface area contributed by atoms with Crippen LogP contribution < -0.4 is 20.1 Å². The molecule has 1 aliphatic heterocycles. The minimum absolute atomic E-state index is 0.110. The molecule has 1 amide bonds. The first-order valence-electron chi connectivity index (χ1n) is 7.66. The Kier molecular flexibility index (Phi) is 4.16. The Labute approximate surface area is 141 Å². The van der Waals surface area contributed by atoms with E-state index < -0.39 is 5.54 Å². The van der Waals surface area contributed by atoms with Crippen LogP contribution >= 0.6 is 0 Å². The Morgan fingerprint density at radius 3 is 2.42 bits per heavy atom. The molecule has 24 heavy (non-hydrogen) atoms. The normalized spacial score (nSPS) is 18.5. The molecule has 124 valence electrons. The highest BCUT2D eigenvalue weighted by Gasteiger charge is 2.46. The van der Waals surface area contributed by atoms with E-state index in [4.69, 9.17) is 9.47 Å². The average Bonchev–Trinajstić information content (AvgIpc) is 2.87. The van der Waals surface area contributed by atoms with Crippen LogP contribution in [-0.2, 0) is 10.3 Å². The first-order chi connectivity index (χ1) is 11.6. The van der Waals surface area contributed by atoms with Gasteiger partial charge in [-0.3, -0.25) is 4.79 Å². The molecular formula is C19H20N2O3. The van der Waals surface area contributed by atoms with Gasteiger partial charge in [-0.15, -0.1) is 6.58 Å². The summed E-state index contributed by atoms with van der Waals surface area (Å²) in [7, 11) is 3.23. The molecule has 1 unspecified atom stereocenters. The van der Waals surface area contributed by atoms with Crippen LogP contribution in [0.2, 0.25) is 0 Å². The van der Waals surface area contributed by atoms with E-state index in [9.17, 15) is 4.79 Å². The van der Waals surface area contributed by atoms with E-state index in [0.717, 1.165) is 22.7 Å². The van der Waals surface area contributed by atoms with Crippen molar-refractivity contribution in [1.82, 2.24) is 0 Å². The van der Waals surface area contributed by atoms with Crippen LogP contribution in [0.15, 0.2) is 55.1 Å². The molecule has 0 aliphatic carbocycles. The van der Waals surface area contributed by atoms with E-state index in [1.165, 1.54) is 0 Å². The molecule has 2 aromatic rings.